The maximum atomic E-state index is 12.2. The highest BCUT2D eigenvalue weighted by Gasteiger charge is 2.30. The van der Waals surface area contributed by atoms with Crippen molar-refractivity contribution in [3.8, 4) is 0 Å². The van der Waals surface area contributed by atoms with Crippen LogP contribution in [0.2, 0.25) is 0 Å². The molecule has 0 spiro atoms. The van der Waals surface area contributed by atoms with Gasteiger partial charge in [-0.25, -0.2) is 4.98 Å². The standard InChI is InChI=1S/C9H12F3N3/c1-6(4-13)15-8-3-2-7(5-14-8)9(10,11)12/h2-3,5-6H,4,13H2,1H3,(H,14,15). The van der Waals surface area contributed by atoms with E-state index in [4.69, 9.17) is 5.73 Å². The second-order valence-corrected chi connectivity index (χ2v) is 3.21. The summed E-state index contributed by atoms with van der Waals surface area (Å²) in [5, 5.41) is 2.87. The molecule has 1 aromatic rings. The Morgan fingerprint density at radius 1 is 1.47 bits per heavy atom. The fourth-order valence-corrected chi connectivity index (χ4v) is 0.958. The van der Waals surface area contributed by atoms with Gasteiger partial charge >= 0.3 is 6.18 Å². The molecule has 84 valence electrons. The number of nitrogens with two attached hydrogens (primary N) is 1. The van der Waals surface area contributed by atoms with E-state index in [2.05, 4.69) is 10.3 Å². The lowest BCUT2D eigenvalue weighted by molar-refractivity contribution is -0.137. The zero-order valence-electron chi connectivity index (χ0n) is 8.17. The van der Waals surface area contributed by atoms with Gasteiger partial charge in [0, 0.05) is 18.8 Å². The maximum Gasteiger partial charge on any atom is 0.417 e. The summed E-state index contributed by atoms with van der Waals surface area (Å²) < 4.78 is 36.5. The molecule has 15 heavy (non-hydrogen) atoms. The summed E-state index contributed by atoms with van der Waals surface area (Å²) >= 11 is 0. The van der Waals surface area contributed by atoms with Crippen molar-refractivity contribution in [2.45, 2.75) is 19.1 Å². The molecule has 3 nitrogen and oxygen atoms in total. The van der Waals surface area contributed by atoms with Gasteiger partial charge in [-0.05, 0) is 19.1 Å². The second-order valence-electron chi connectivity index (χ2n) is 3.21. The summed E-state index contributed by atoms with van der Waals surface area (Å²) in [5.74, 6) is 0.390. The SMILES string of the molecule is CC(CN)Nc1ccc(C(F)(F)F)cn1. The molecule has 0 aliphatic carbocycles. The number of pyridine rings is 1. The topological polar surface area (TPSA) is 50.9 Å². The summed E-state index contributed by atoms with van der Waals surface area (Å²) in [6.45, 7) is 2.21. The number of hydrogen-bond acceptors (Lipinski definition) is 3. The van der Waals surface area contributed by atoms with E-state index in [1.54, 1.807) is 0 Å². The van der Waals surface area contributed by atoms with Crippen LogP contribution in [0.3, 0.4) is 0 Å². The molecule has 0 fully saturated rings. The fourth-order valence-electron chi connectivity index (χ4n) is 0.958. The molecule has 0 saturated carbocycles. The fraction of sp³-hybridized carbons (Fsp3) is 0.444. The van der Waals surface area contributed by atoms with E-state index >= 15 is 0 Å². The van der Waals surface area contributed by atoms with E-state index in [0.717, 1.165) is 12.3 Å². The number of nitrogens with zero attached hydrogens (tertiary/aromatic N) is 1. The molecule has 0 aliphatic heterocycles. The molecule has 1 aromatic heterocycles. The molecule has 1 rings (SSSR count). The predicted molar refractivity (Wildman–Crippen MR) is 51.4 cm³/mol. The van der Waals surface area contributed by atoms with Crippen LogP contribution in [-0.2, 0) is 6.18 Å². The lowest BCUT2D eigenvalue weighted by atomic mass is 10.2. The van der Waals surface area contributed by atoms with Crippen LogP contribution in [0, 0.1) is 0 Å². The van der Waals surface area contributed by atoms with Gasteiger partial charge in [0.05, 0.1) is 5.56 Å². The summed E-state index contributed by atoms with van der Waals surface area (Å²) in [5.41, 5.74) is 4.59. The Morgan fingerprint density at radius 3 is 2.53 bits per heavy atom. The number of nitrogens with one attached hydrogen (secondary N) is 1. The number of anilines is 1. The highest BCUT2D eigenvalue weighted by atomic mass is 19.4. The molecule has 0 amide bonds. The van der Waals surface area contributed by atoms with Crippen molar-refractivity contribution in [3.63, 3.8) is 0 Å². The van der Waals surface area contributed by atoms with Crippen LogP contribution in [0.4, 0.5) is 19.0 Å². The second kappa shape index (κ2) is 4.48. The first-order valence-corrected chi connectivity index (χ1v) is 4.43. The summed E-state index contributed by atoms with van der Waals surface area (Å²) in [7, 11) is 0. The van der Waals surface area contributed by atoms with Gasteiger partial charge in [0.1, 0.15) is 5.82 Å². The average Bonchev–Trinajstić information content (AvgIpc) is 2.17. The quantitative estimate of drug-likeness (QED) is 0.815. The number of alkyl halides is 3. The molecular formula is C9H12F3N3. The van der Waals surface area contributed by atoms with Gasteiger partial charge in [-0.3, -0.25) is 0 Å². The third kappa shape index (κ3) is 3.39. The first-order valence-electron chi connectivity index (χ1n) is 4.43. The first-order chi connectivity index (χ1) is 6.93. The minimum Gasteiger partial charge on any atom is -0.366 e. The number of aromatic nitrogens is 1. The maximum absolute atomic E-state index is 12.2. The van der Waals surface area contributed by atoms with Crippen LogP contribution in [0.25, 0.3) is 0 Å². The van der Waals surface area contributed by atoms with Crippen molar-refractivity contribution in [1.29, 1.82) is 0 Å². The molecule has 0 aromatic carbocycles. The van der Waals surface area contributed by atoms with Crippen molar-refractivity contribution in [2.75, 3.05) is 11.9 Å². The molecule has 6 heteroatoms. The highest BCUT2D eigenvalue weighted by molar-refractivity contribution is 5.37. The van der Waals surface area contributed by atoms with Crippen molar-refractivity contribution in [2.24, 2.45) is 5.73 Å². The third-order valence-corrected chi connectivity index (χ3v) is 1.84. The largest absolute Gasteiger partial charge is 0.417 e. The smallest absolute Gasteiger partial charge is 0.366 e. The minimum atomic E-state index is -4.34. The minimum absolute atomic E-state index is 0.0192. The van der Waals surface area contributed by atoms with Crippen molar-refractivity contribution in [3.05, 3.63) is 23.9 Å². The van der Waals surface area contributed by atoms with Gasteiger partial charge in [0.25, 0.3) is 0 Å². The molecule has 0 aliphatic rings. The van der Waals surface area contributed by atoms with Gasteiger partial charge in [0.15, 0.2) is 0 Å². The van der Waals surface area contributed by atoms with Gasteiger partial charge < -0.3 is 11.1 Å². The first kappa shape index (κ1) is 11.8. The molecule has 1 atom stereocenters. The van der Waals surface area contributed by atoms with E-state index in [9.17, 15) is 13.2 Å². The predicted octanol–water partition coefficient (Wildman–Crippen LogP) is 1.86. The van der Waals surface area contributed by atoms with Gasteiger partial charge in [-0.1, -0.05) is 0 Å². The van der Waals surface area contributed by atoms with Crippen LogP contribution in [0.5, 0.6) is 0 Å². The van der Waals surface area contributed by atoms with E-state index in [1.165, 1.54) is 6.07 Å². The average molecular weight is 219 g/mol. The third-order valence-electron chi connectivity index (χ3n) is 1.84. The summed E-state index contributed by atoms with van der Waals surface area (Å²) in [6.07, 6.45) is -3.55. The van der Waals surface area contributed by atoms with Crippen molar-refractivity contribution < 1.29 is 13.2 Å². The van der Waals surface area contributed by atoms with E-state index < -0.39 is 11.7 Å². The van der Waals surface area contributed by atoms with E-state index in [-0.39, 0.29) is 6.04 Å². The Bertz CT molecular complexity index is 307. The van der Waals surface area contributed by atoms with Gasteiger partial charge in [0.2, 0.25) is 0 Å². The molecular weight excluding hydrogens is 207 g/mol. The number of halogens is 3. The Morgan fingerprint density at radius 2 is 2.13 bits per heavy atom. The lowest BCUT2D eigenvalue weighted by Crippen LogP contribution is -2.25. The molecule has 0 radical (unpaired) electrons. The number of rotatable bonds is 3. The normalized spacial score (nSPS) is 13.7. The highest BCUT2D eigenvalue weighted by Crippen LogP contribution is 2.28. The Labute approximate surface area is 85.5 Å². The monoisotopic (exact) mass is 219 g/mol. The molecule has 3 N–H and O–H groups in total. The van der Waals surface area contributed by atoms with Gasteiger partial charge in [-0.2, -0.15) is 13.2 Å². The lowest BCUT2D eigenvalue weighted by Gasteiger charge is -2.12. The van der Waals surface area contributed by atoms with E-state index in [1.807, 2.05) is 6.92 Å². The van der Waals surface area contributed by atoms with Gasteiger partial charge in [-0.15, -0.1) is 0 Å². The summed E-state index contributed by atoms with van der Waals surface area (Å²) in [4.78, 5) is 3.65. The summed E-state index contributed by atoms with van der Waals surface area (Å²) in [6, 6.07) is 2.25. The Hall–Kier alpha value is -1.30. The Kier molecular flexibility index (Phi) is 3.52. The Balaban J connectivity index is 2.73. The molecule has 1 unspecified atom stereocenters. The zero-order valence-corrected chi connectivity index (χ0v) is 8.17. The van der Waals surface area contributed by atoms with Crippen LogP contribution >= 0.6 is 0 Å². The zero-order chi connectivity index (χ0) is 11.5. The van der Waals surface area contributed by atoms with Crippen LogP contribution < -0.4 is 11.1 Å². The van der Waals surface area contributed by atoms with Crippen molar-refractivity contribution in [1.82, 2.24) is 4.98 Å². The van der Waals surface area contributed by atoms with Crippen molar-refractivity contribution >= 4 is 5.82 Å². The molecule has 0 saturated heterocycles. The van der Waals surface area contributed by atoms with Crippen LogP contribution in [0.1, 0.15) is 12.5 Å². The molecule has 0 bridgehead atoms. The van der Waals surface area contributed by atoms with Crippen LogP contribution in [-0.4, -0.2) is 17.6 Å². The van der Waals surface area contributed by atoms with E-state index in [0.29, 0.717) is 12.4 Å². The van der Waals surface area contributed by atoms with Crippen LogP contribution in [0.15, 0.2) is 18.3 Å². The number of hydrogen-bond donors (Lipinski definition) is 2. The molecule has 1 heterocycles.